The molecule has 0 radical (unpaired) electrons. The molecule has 0 unspecified atom stereocenters. The van der Waals surface area contributed by atoms with Crippen LogP contribution in [0.3, 0.4) is 0 Å². The van der Waals surface area contributed by atoms with Crippen LogP contribution < -0.4 is 16.0 Å². The van der Waals surface area contributed by atoms with Gasteiger partial charge in [-0.2, -0.15) is 28.1 Å². The van der Waals surface area contributed by atoms with Gasteiger partial charge in [-0.05, 0) is 29.7 Å². The molecule has 0 bridgehead atoms. The molecule has 8 nitrogen and oxygen atoms in total. The van der Waals surface area contributed by atoms with E-state index in [4.69, 9.17) is 0 Å². The number of imidazole rings is 1. The van der Waals surface area contributed by atoms with Gasteiger partial charge in [-0.3, -0.25) is 0 Å². The van der Waals surface area contributed by atoms with E-state index in [-0.39, 0.29) is 12.5 Å². The summed E-state index contributed by atoms with van der Waals surface area (Å²) in [6.45, 7) is 2.05. The van der Waals surface area contributed by atoms with Gasteiger partial charge in [-0.15, -0.1) is 0 Å². The lowest BCUT2D eigenvalue weighted by Gasteiger charge is -2.12. The average Bonchev–Trinajstić information content (AvgIpc) is 3.38. The Morgan fingerprint density at radius 1 is 0.771 bits per heavy atom. The van der Waals surface area contributed by atoms with Crippen LogP contribution >= 0.6 is 0 Å². The zero-order chi connectivity index (χ0) is 24.5. The second kappa shape index (κ2) is 11.3. The van der Waals surface area contributed by atoms with Crippen molar-refractivity contribution in [3.63, 3.8) is 0 Å². The number of nitrogens with one attached hydrogen (secondary N) is 3. The fourth-order valence-electron chi connectivity index (χ4n) is 3.31. The van der Waals surface area contributed by atoms with Crippen molar-refractivity contribution in [1.82, 2.24) is 24.5 Å². The quantitative estimate of drug-likeness (QED) is 0.264. The van der Waals surface area contributed by atoms with Crippen molar-refractivity contribution in [2.45, 2.75) is 32.2 Å². The lowest BCUT2D eigenvalue weighted by Crippen LogP contribution is -2.14. The SMILES string of the molecule is FC(F)(F)c1cccc(CNc2nc(NCCCn3ccnc3)nc(NCc3ccccc3)n2)c1. The highest BCUT2D eigenvalue weighted by atomic mass is 19.4. The molecule has 0 saturated carbocycles. The van der Waals surface area contributed by atoms with E-state index in [0.717, 1.165) is 30.7 Å². The summed E-state index contributed by atoms with van der Waals surface area (Å²) in [5, 5.41) is 9.38. The molecule has 2 aromatic carbocycles. The fraction of sp³-hybridized carbons (Fsp3) is 0.250. The predicted octanol–water partition coefficient (Wildman–Crippen LogP) is 4.81. The maximum Gasteiger partial charge on any atom is 0.416 e. The maximum atomic E-state index is 13.0. The third-order valence-electron chi connectivity index (χ3n) is 5.07. The van der Waals surface area contributed by atoms with Gasteiger partial charge >= 0.3 is 6.18 Å². The summed E-state index contributed by atoms with van der Waals surface area (Å²) in [5.41, 5.74) is 0.827. The molecule has 0 saturated heterocycles. The minimum atomic E-state index is -4.40. The van der Waals surface area contributed by atoms with Gasteiger partial charge in [-0.1, -0.05) is 42.5 Å². The van der Waals surface area contributed by atoms with Gasteiger partial charge in [0, 0.05) is 38.6 Å². The summed E-state index contributed by atoms with van der Waals surface area (Å²) in [4.78, 5) is 17.2. The first kappa shape index (κ1) is 24.0. The summed E-state index contributed by atoms with van der Waals surface area (Å²) in [6.07, 6.45) is 1.80. The Kier molecular flexibility index (Phi) is 7.76. The third-order valence-corrected chi connectivity index (χ3v) is 5.07. The first-order chi connectivity index (χ1) is 17.0. The number of nitrogens with zero attached hydrogens (tertiary/aromatic N) is 5. The van der Waals surface area contributed by atoms with Crippen molar-refractivity contribution in [2.24, 2.45) is 0 Å². The Labute approximate surface area is 200 Å². The fourth-order valence-corrected chi connectivity index (χ4v) is 3.31. The summed E-state index contributed by atoms with van der Waals surface area (Å²) in [7, 11) is 0. The lowest BCUT2D eigenvalue weighted by molar-refractivity contribution is -0.137. The normalized spacial score (nSPS) is 11.3. The van der Waals surface area contributed by atoms with Crippen LogP contribution in [-0.2, 0) is 25.8 Å². The van der Waals surface area contributed by atoms with Crippen molar-refractivity contribution in [1.29, 1.82) is 0 Å². The van der Waals surface area contributed by atoms with Gasteiger partial charge in [-0.25, -0.2) is 4.98 Å². The minimum Gasteiger partial charge on any atom is -0.354 e. The van der Waals surface area contributed by atoms with Crippen molar-refractivity contribution in [3.05, 3.63) is 90.0 Å². The van der Waals surface area contributed by atoms with Crippen molar-refractivity contribution >= 4 is 17.8 Å². The van der Waals surface area contributed by atoms with E-state index in [0.29, 0.717) is 30.5 Å². The van der Waals surface area contributed by atoms with Gasteiger partial charge in [0.15, 0.2) is 0 Å². The highest BCUT2D eigenvalue weighted by molar-refractivity contribution is 5.43. The molecule has 182 valence electrons. The van der Waals surface area contributed by atoms with Crippen LogP contribution in [0.5, 0.6) is 0 Å². The van der Waals surface area contributed by atoms with Crippen LogP contribution in [0, 0.1) is 0 Å². The first-order valence-electron chi connectivity index (χ1n) is 11.1. The Morgan fingerprint density at radius 3 is 2.09 bits per heavy atom. The van der Waals surface area contributed by atoms with Gasteiger partial charge in [0.1, 0.15) is 0 Å². The van der Waals surface area contributed by atoms with Gasteiger partial charge in [0.05, 0.1) is 11.9 Å². The number of hydrogen-bond acceptors (Lipinski definition) is 7. The number of rotatable bonds is 11. The average molecular weight is 483 g/mol. The Balaban J connectivity index is 1.43. The summed E-state index contributed by atoms with van der Waals surface area (Å²) in [6, 6.07) is 14.9. The van der Waals surface area contributed by atoms with E-state index >= 15 is 0 Å². The molecule has 0 aliphatic carbocycles. The highest BCUT2D eigenvalue weighted by Gasteiger charge is 2.30. The lowest BCUT2D eigenvalue weighted by atomic mass is 10.1. The van der Waals surface area contributed by atoms with E-state index in [1.165, 1.54) is 6.07 Å². The van der Waals surface area contributed by atoms with E-state index in [1.54, 1.807) is 18.6 Å². The van der Waals surface area contributed by atoms with E-state index < -0.39 is 11.7 Å². The minimum absolute atomic E-state index is 0.131. The molecule has 2 aromatic heterocycles. The molecule has 2 heterocycles. The standard InChI is InChI=1S/C24H25F3N8/c25-24(26,27)20-9-4-8-19(14-20)16-31-23-33-21(29-10-5-12-35-13-11-28-17-35)32-22(34-23)30-15-18-6-2-1-3-7-18/h1-4,6-9,11,13-14,17H,5,10,12,15-16H2,(H3,29,30,31,32,33,34). The van der Waals surface area contributed by atoms with Crippen LogP contribution in [-0.4, -0.2) is 31.0 Å². The molecule has 0 fully saturated rings. The van der Waals surface area contributed by atoms with Gasteiger partial charge < -0.3 is 20.5 Å². The van der Waals surface area contributed by atoms with Crippen molar-refractivity contribution in [2.75, 3.05) is 22.5 Å². The van der Waals surface area contributed by atoms with Crippen LogP contribution in [0.4, 0.5) is 31.0 Å². The molecular weight excluding hydrogens is 457 g/mol. The van der Waals surface area contributed by atoms with Crippen LogP contribution in [0.15, 0.2) is 73.3 Å². The Morgan fingerprint density at radius 2 is 1.43 bits per heavy atom. The molecule has 0 aliphatic heterocycles. The van der Waals surface area contributed by atoms with Crippen LogP contribution in [0.2, 0.25) is 0 Å². The number of benzene rings is 2. The van der Waals surface area contributed by atoms with Crippen LogP contribution in [0.25, 0.3) is 0 Å². The monoisotopic (exact) mass is 482 g/mol. The van der Waals surface area contributed by atoms with Gasteiger partial charge in [0.2, 0.25) is 17.8 Å². The van der Waals surface area contributed by atoms with Crippen LogP contribution in [0.1, 0.15) is 23.1 Å². The number of anilines is 3. The molecule has 0 aliphatic rings. The van der Waals surface area contributed by atoms with E-state index in [2.05, 4.69) is 35.9 Å². The zero-order valence-corrected chi connectivity index (χ0v) is 18.8. The summed E-state index contributed by atoms with van der Waals surface area (Å²) in [5.74, 6) is 0.977. The number of aromatic nitrogens is 5. The second-order valence-corrected chi connectivity index (χ2v) is 7.78. The molecule has 11 heteroatoms. The zero-order valence-electron chi connectivity index (χ0n) is 18.8. The topological polar surface area (TPSA) is 92.6 Å². The third kappa shape index (κ3) is 7.42. The molecular formula is C24H25F3N8. The molecule has 4 rings (SSSR count). The number of aryl methyl sites for hydroxylation is 1. The summed E-state index contributed by atoms with van der Waals surface area (Å²) < 4.78 is 41.0. The first-order valence-corrected chi connectivity index (χ1v) is 11.1. The molecule has 35 heavy (non-hydrogen) atoms. The number of hydrogen-bond donors (Lipinski definition) is 3. The largest absolute Gasteiger partial charge is 0.416 e. The number of halogens is 3. The Bertz CT molecular complexity index is 1200. The van der Waals surface area contributed by atoms with Crippen molar-refractivity contribution in [3.8, 4) is 0 Å². The van der Waals surface area contributed by atoms with E-state index in [1.807, 2.05) is 41.1 Å². The smallest absolute Gasteiger partial charge is 0.354 e. The highest BCUT2D eigenvalue weighted by Crippen LogP contribution is 2.29. The molecule has 0 spiro atoms. The maximum absolute atomic E-state index is 13.0. The summed E-state index contributed by atoms with van der Waals surface area (Å²) >= 11 is 0. The second-order valence-electron chi connectivity index (χ2n) is 7.78. The molecule has 3 N–H and O–H groups in total. The van der Waals surface area contributed by atoms with Crippen molar-refractivity contribution < 1.29 is 13.2 Å². The molecule has 4 aromatic rings. The Hall–Kier alpha value is -4.15. The molecule has 0 atom stereocenters. The number of alkyl halides is 3. The molecule has 0 amide bonds. The predicted molar refractivity (Wildman–Crippen MR) is 128 cm³/mol. The van der Waals surface area contributed by atoms with E-state index in [9.17, 15) is 13.2 Å². The van der Waals surface area contributed by atoms with Gasteiger partial charge in [0.25, 0.3) is 0 Å².